The minimum Gasteiger partial charge on any atom is -0.477 e. The van der Waals surface area contributed by atoms with Crippen molar-refractivity contribution in [2.75, 3.05) is 25.7 Å². The van der Waals surface area contributed by atoms with E-state index in [1.165, 1.54) is 24.2 Å². The molecule has 1 fully saturated rings. The maximum atomic E-state index is 13.1. The molecule has 210 valence electrons. The Bertz CT molecular complexity index is 1480. The Hall–Kier alpha value is -4.16. The van der Waals surface area contributed by atoms with E-state index in [0.717, 1.165) is 39.8 Å². The molecule has 2 aromatic heterocycles. The molecule has 0 bridgehead atoms. The van der Waals surface area contributed by atoms with Crippen LogP contribution >= 0.6 is 34.9 Å². The van der Waals surface area contributed by atoms with Crippen molar-refractivity contribution in [3.05, 3.63) is 52.3 Å². The van der Waals surface area contributed by atoms with E-state index in [-0.39, 0.29) is 45.9 Å². The number of allylic oxidation sites excluding steroid dienone is 2. The first-order chi connectivity index (χ1) is 19.1. The van der Waals surface area contributed by atoms with Gasteiger partial charge in [0.1, 0.15) is 29.9 Å². The van der Waals surface area contributed by atoms with Gasteiger partial charge in [-0.1, -0.05) is 41.3 Å². The van der Waals surface area contributed by atoms with Crippen molar-refractivity contribution in [1.29, 1.82) is 0 Å². The van der Waals surface area contributed by atoms with E-state index < -0.39 is 35.2 Å². The summed E-state index contributed by atoms with van der Waals surface area (Å²) in [5.41, 5.74) is 5.64. The maximum absolute atomic E-state index is 13.1. The molecule has 2 aromatic rings. The van der Waals surface area contributed by atoms with Crippen molar-refractivity contribution in [3.63, 3.8) is 0 Å². The van der Waals surface area contributed by atoms with Gasteiger partial charge >= 0.3 is 11.9 Å². The summed E-state index contributed by atoms with van der Waals surface area (Å²) in [5.74, 6) is -3.40. The predicted molar refractivity (Wildman–Crippen MR) is 146 cm³/mol. The Balaban J connectivity index is 1.55. The number of carbonyl (C=O) groups excluding carboxylic acids is 3. The predicted octanol–water partition coefficient (Wildman–Crippen LogP) is 0.685. The number of nitrogens with two attached hydrogens (primary N) is 1. The lowest BCUT2D eigenvalue weighted by atomic mass is 10.0. The van der Waals surface area contributed by atoms with Gasteiger partial charge in [-0.2, -0.15) is 0 Å². The Labute approximate surface area is 239 Å². The number of ether oxygens (including phenoxy) is 1. The molecule has 4 heterocycles. The van der Waals surface area contributed by atoms with E-state index in [4.69, 9.17) is 15.3 Å². The average Bonchev–Trinajstić information content (AvgIpc) is 3.54. The van der Waals surface area contributed by atoms with Crippen molar-refractivity contribution in [1.82, 2.24) is 30.0 Å². The number of nitrogen functional groups attached to an aromatic ring is 1. The van der Waals surface area contributed by atoms with Crippen LogP contribution in [-0.2, 0) is 30.5 Å². The molecule has 0 aromatic carbocycles. The number of thioether (sulfide) groups is 2. The number of methoxy groups -OCH3 is 1. The van der Waals surface area contributed by atoms with E-state index in [0.29, 0.717) is 10.1 Å². The summed E-state index contributed by atoms with van der Waals surface area (Å²) in [6.07, 6.45) is 1.54. The fraction of sp³-hybridized carbons (Fsp3) is 0.273. The van der Waals surface area contributed by atoms with E-state index in [1.54, 1.807) is 6.08 Å². The van der Waals surface area contributed by atoms with Crippen LogP contribution in [0, 0.1) is 0 Å². The molecule has 4 N–H and O–H groups in total. The van der Waals surface area contributed by atoms with Gasteiger partial charge in [0, 0.05) is 28.2 Å². The standard InChI is InChI=1S/C22H22N8O7S3/c1-5-6-29-15(20(35)36-3)26-27-22(29)39-7-10-9(2)40-18-13(17(32)30(18)14(10)19(33)34)25-16(31)12(28-37-4)11-8-38-21(23)24-11/h5,8,13,18H,1-2,6-7H2,3-4H3,(H2,23,24)(H,25,31)(H,33,34)/b28-12-/t13-,18-/m1/s1. The molecule has 0 aliphatic carbocycles. The van der Waals surface area contributed by atoms with Crippen molar-refractivity contribution < 1.29 is 33.9 Å². The second-order valence-corrected chi connectivity index (χ2v) is 10.9. The first-order valence-electron chi connectivity index (χ1n) is 11.2. The third-order valence-corrected chi connectivity index (χ3v) is 8.49. The number of carboxylic acid groups (broad SMARTS) is 1. The van der Waals surface area contributed by atoms with Crippen molar-refractivity contribution >= 4 is 69.5 Å². The highest BCUT2D eigenvalue weighted by Crippen LogP contribution is 2.47. The number of hydrogen-bond acceptors (Lipinski definition) is 14. The number of amides is 2. The molecule has 0 radical (unpaired) electrons. The summed E-state index contributed by atoms with van der Waals surface area (Å²) >= 11 is 3.33. The summed E-state index contributed by atoms with van der Waals surface area (Å²) in [4.78, 5) is 60.7. The van der Waals surface area contributed by atoms with Gasteiger partial charge in [-0.05, 0) is 0 Å². The Kier molecular flexibility index (Phi) is 8.60. The van der Waals surface area contributed by atoms with Crippen molar-refractivity contribution in [2.45, 2.75) is 23.1 Å². The van der Waals surface area contributed by atoms with Gasteiger partial charge in [-0.3, -0.25) is 19.1 Å². The van der Waals surface area contributed by atoms with Crippen LogP contribution in [0.2, 0.25) is 0 Å². The summed E-state index contributed by atoms with van der Waals surface area (Å²) in [7, 11) is 2.46. The summed E-state index contributed by atoms with van der Waals surface area (Å²) in [6, 6.07) is -1.06. The molecule has 0 spiro atoms. The van der Waals surface area contributed by atoms with Gasteiger partial charge in [-0.25, -0.2) is 14.6 Å². The number of hydrogen-bond donors (Lipinski definition) is 3. The molecule has 2 aliphatic rings. The monoisotopic (exact) mass is 606 g/mol. The van der Waals surface area contributed by atoms with Crippen LogP contribution in [0.15, 0.2) is 51.1 Å². The van der Waals surface area contributed by atoms with Crippen molar-refractivity contribution in [2.24, 2.45) is 5.16 Å². The van der Waals surface area contributed by atoms with Gasteiger partial charge in [0.2, 0.25) is 5.82 Å². The summed E-state index contributed by atoms with van der Waals surface area (Å²) in [6.45, 7) is 7.86. The molecule has 15 nitrogen and oxygen atoms in total. The minimum atomic E-state index is -1.34. The van der Waals surface area contributed by atoms with Crippen LogP contribution < -0.4 is 11.1 Å². The van der Waals surface area contributed by atoms with Crippen LogP contribution in [0.3, 0.4) is 0 Å². The largest absolute Gasteiger partial charge is 0.477 e. The molecule has 0 unspecified atom stereocenters. The maximum Gasteiger partial charge on any atom is 0.376 e. The molecule has 18 heteroatoms. The third-order valence-electron chi connectivity index (χ3n) is 5.56. The summed E-state index contributed by atoms with van der Waals surface area (Å²) in [5, 5.41) is 25.4. The van der Waals surface area contributed by atoms with Gasteiger partial charge in [0.05, 0.1) is 7.11 Å². The molecule has 2 aliphatic heterocycles. The van der Waals surface area contributed by atoms with Crippen LogP contribution in [-0.4, -0.2) is 90.6 Å². The van der Waals surface area contributed by atoms with Gasteiger partial charge in [0.15, 0.2) is 16.0 Å². The number of fused-ring (bicyclic) bond motifs is 1. The van der Waals surface area contributed by atoms with Gasteiger partial charge in [0.25, 0.3) is 11.8 Å². The quantitative estimate of drug-likeness (QED) is 0.0805. The minimum absolute atomic E-state index is 0.0394. The highest BCUT2D eigenvalue weighted by atomic mass is 32.2. The van der Waals surface area contributed by atoms with Crippen LogP contribution in [0.4, 0.5) is 5.13 Å². The normalized spacial score (nSPS) is 18.6. The van der Waals surface area contributed by atoms with E-state index in [9.17, 15) is 24.3 Å². The average molecular weight is 607 g/mol. The zero-order chi connectivity index (χ0) is 29.1. The van der Waals surface area contributed by atoms with E-state index in [2.05, 4.69) is 38.8 Å². The van der Waals surface area contributed by atoms with Crippen LogP contribution in [0.25, 0.3) is 0 Å². The first kappa shape index (κ1) is 28.8. The number of anilines is 1. The van der Waals surface area contributed by atoms with Gasteiger partial charge in [-0.15, -0.1) is 28.1 Å². The third kappa shape index (κ3) is 5.32. The number of esters is 1. The second kappa shape index (κ2) is 11.9. The second-order valence-electron chi connectivity index (χ2n) is 7.90. The number of nitrogens with one attached hydrogen (secondary N) is 1. The van der Waals surface area contributed by atoms with Crippen molar-refractivity contribution in [3.8, 4) is 0 Å². The van der Waals surface area contributed by atoms with Crippen LogP contribution in [0.1, 0.15) is 16.3 Å². The SMILES string of the molecule is C=CCn1c(SCC2=C(C(=O)O)N3C(=O)[C@@H](NC(=O)/C(=N\OC)c4csc(N)n4)[C@H]3SC2=C)nnc1C(=O)OC. The number of rotatable bonds is 11. The zero-order valence-corrected chi connectivity index (χ0v) is 23.5. The number of thiazole rings is 1. The van der Waals surface area contributed by atoms with E-state index in [1.807, 2.05) is 0 Å². The smallest absolute Gasteiger partial charge is 0.376 e. The van der Waals surface area contributed by atoms with E-state index >= 15 is 0 Å². The molecule has 2 amide bonds. The number of carboxylic acids is 1. The lowest BCUT2D eigenvalue weighted by Crippen LogP contribution is -2.70. The highest BCUT2D eigenvalue weighted by Gasteiger charge is 2.55. The highest BCUT2D eigenvalue weighted by molar-refractivity contribution is 8.04. The number of aliphatic carboxylic acids is 1. The fourth-order valence-electron chi connectivity index (χ4n) is 3.80. The molecule has 4 rings (SSSR count). The number of nitrogens with zero attached hydrogens (tertiary/aromatic N) is 6. The first-order valence-corrected chi connectivity index (χ1v) is 13.9. The molecule has 40 heavy (non-hydrogen) atoms. The summed E-state index contributed by atoms with van der Waals surface area (Å²) < 4.78 is 6.20. The molecular formula is C22H22N8O7S3. The molecule has 1 saturated heterocycles. The number of β-lactam (4-membered cyclic amide) rings is 1. The number of aromatic nitrogens is 4. The number of carbonyl (C=O) groups is 4. The molecule has 2 atom stereocenters. The lowest BCUT2D eigenvalue weighted by molar-refractivity contribution is -0.150. The number of oxime groups is 1. The Morgan fingerprint density at radius 1 is 1.35 bits per heavy atom. The molecular weight excluding hydrogens is 584 g/mol. The fourth-order valence-corrected chi connectivity index (χ4v) is 6.68. The van der Waals surface area contributed by atoms with Gasteiger partial charge < -0.3 is 25.7 Å². The van der Waals surface area contributed by atoms with Crippen LogP contribution in [0.5, 0.6) is 0 Å². The molecule has 0 saturated carbocycles. The Morgan fingerprint density at radius 2 is 2.10 bits per heavy atom. The lowest BCUT2D eigenvalue weighted by Gasteiger charge is -2.49. The topological polar surface area (TPSA) is 204 Å². The Morgan fingerprint density at radius 3 is 2.70 bits per heavy atom. The zero-order valence-electron chi connectivity index (χ0n) is 21.0.